The molecule has 0 aliphatic carbocycles. The molecule has 0 aliphatic heterocycles. The fourth-order valence-corrected chi connectivity index (χ4v) is 1.20. The van der Waals surface area contributed by atoms with Gasteiger partial charge >= 0.3 is 0 Å². The minimum atomic E-state index is -3.00. The summed E-state index contributed by atoms with van der Waals surface area (Å²) in [6, 6.07) is 1.19. The van der Waals surface area contributed by atoms with Crippen molar-refractivity contribution in [3.05, 3.63) is 33.4 Å². The van der Waals surface area contributed by atoms with Crippen LogP contribution >= 0.6 is 0 Å². The SMILES string of the molecule is CC(=O)c1cc(C(F)F)c(O)cc1[N+](=O)[O-]. The van der Waals surface area contributed by atoms with Crippen molar-refractivity contribution >= 4 is 11.5 Å². The lowest BCUT2D eigenvalue weighted by atomic mass is 10.0. The fraction of sp³-hybridized carbons (Fsp3) is 0.222. The third kappa shape index (κ3) is 2.13. The molecule has 0 saturated carbocycles. The molecule has 1 aromatic carbocycles. The van der Waals surface area contributed by atoms with E-state index in [0.29, 0.717) is 12.1 Å². The number of hydrogen-bond donors (Lipinski definition) is 1. The zero-order valence-electron chi connectivity index (χ0n) is 8.11. The number of phenols is 1. The van der Waals surface area contributed by atoms with Crippen LogP contribution in [0.15, 0.2) is 12.1 Å². The van der Waals surface area contributed by atoms with Crippen LogP contribution in [0.4, 0.5) is 14.5 Å². The van der Waals surface area contributed by atoms with Crippen molar-refractivity contribution in [2.45, 2.75) is 13.3 Å². The van der Waals surface area contributed by atoms with Crippen LogP contribution in [-0.2, 0) is 0 Å². The van der Waals surface area contributed by atoms with Crippen LogP contribution in [0.2, 0.25) is 0 Å². The molecular formula is C9H7F2NO4. The molecule has 1 N–H and O–H groups in total. The van der Waals surface area contributed by atoms with Gasteiger partial charge in [0.15, 0.2) is 5.78 Å². The Labute approximate surface area is 88.5 Å². The zero-order valence-corrected chi connectivity index (χ0v) is 8.11. The summed E-state index contributed by atoms with van der Waals surface area (Å²) < 4.78 is 24.7. The van der Waals surface area contributed by atoms with E-state index in [4.69, 9.17) is 5.11 Å². The third-order valence-electron chi connectivity index (χ3n) is 1.96. The van der Waals surface area contributed by atoms with Gasteiger partial charge in [0.25, 0.3) is 12.1 Å². The number of rotatable bonds is 3. The van der Waals surface area contributed by atoms with E-state index >= 15 is 0 Å². The summed E-state index contributed by atoms with van der Waals surface area (Å²) in [5.41, 5.74) is -1.93. The van der Waals surface area contributed by atoms with Crippen molar-refractivity contribution in [3.63, 3.8) is 0 Å². The maximum absolute atomic E-state index is 12.4. The minimum absolute atomic E-state index is 0.446. The number of carbonyl (C=O) groups excluding carboxylic acids is 1. The largest absolute Gasteiger partial charge is 0.507 e. The Morgan fingerprint density at radius 2 is 2.06 bits per heavy atom. The van der Waals surface area contributed by atoms with Gasteiger partial charge in [-0.3, -0.25) is 14.9 Å². The van der Waals surface area contributed by atoms with Gasteiger partial charge in [0.2, 0.25) is 0 Å². The number of halogens is 2. The molecule has 1 aromatic rings. The van der Waals surface area contributed by atoms with Crippen molar-refractivity contribution < 1.29 is 23.6 Å². The topological polar surface area (TPSA) is 80.4 Å². The summed E-state index contributed by atoms with van der Waals surface area (Å²) in [6.07, 6.45) is -3.00. The minimum Gasteiger partial charge on any atom is -0.507 e. The van der Waals surface area contributed by atoms with Gasteiger partial charge in [0, 0.05) is 0 Å². The number of Topliss-reactive ketones (excluding diaryl/α,β-unsaturated/α-hetero) is 1. The summed E-state index contributed by atoms with van der Waals surface area (Å²) in [6.45, 7) is 1.02. The highest BCUT2D eigenvalue weighted by atomic mass is 19.3. The predicted molar refractivity (Wildman–Crippen MR) is 49.7 cm³/mol. The molecule has 0 spiro atoms. The van der Waals surface area contributed by atoms with Gasteiger partial charge in [0.1, 0.15) is 5.75 Å². The van der Waals surface area contributed by atoms with Crippen molar-refractivity contribution in [2.75, 3.05) is 0 Å². The van der Waals surface area contributed by atoms with E-state index in [2.05, 4.69) is 0 Å². The Kier molecular flexibility index (Phi) is 3.17. The van der Waals surface area contributed by atoms with Gasteiger partial charge in [-0.25, -0.2) is 8.78 Å². The summed E-state index contributed by atoms with van der Waals surface area (Å²) in [7, 11) is 0. The Hall–Kier alpha value is -2.05. The lowest BCUT2D eigenvalue weighted by Gasteiger charge is -2.06. The smallest absolute Gasteiger partial charge is 0.283 e. The first-order chi connectivity index (χ1) is 7.34. The average Bonchev–Trinajstić information content (AvgIpc) is 2.15. The zero-order chi connectivity index (χ0) is 12.5. The molecule has 16 heavy (non-hydrogen) atoms. The second-order valence-electron chi connectivity index (χ2n) is 3.04. The molecule has 7 heteroatoms. The van der Waals surface area contributed by atoms with Crippen LogP contribution in [0, 0.1) is 10.1 Å². The molecule has 0 amide bonds. The highest BCUT2D eigenvalue weighted by Crippen LogP contribution is 2.34. The summed E-state index contributed by atoms with van der Waals surface area (Å²) in [5.74, 6) is -1.61. The second kappa shape index (κ2) is 4.21. The molecule has 0 aliphatic rings. The molecule has 5 nitrogen and oxygen atoms in total. The van der Waals surface area contributed by atoms with Gasteiger partial charge in [-0.15, -0.1) is 0 Å². The average molecular weight is 231 g/mol. The molecular weight excluding hydrogens is 224 g/mol. The van der Waals surface area contributed by atoms with Gasteiger partial charge < -0.3 is 5.11 Å². The number of aromatic hydroxyl groups is 1. The van der Waals surface area contributed by atoms with Crippen molar-refractivity contribution in [2.24, 2.45) is 0 Å². The van der Waals surface area contributed by atoms with Crippen LogP contribution in [0.3, 0.4) is 0 Å². The van der Waals surface area contributed by atoms with Crippen LogP contribution in [0.5, 0.6) is 5.75 Å². The van der Waals surface area contributed by atoms with E-state index in [1.807, 2.05) is 0 Å². The maximum atomic E-state index is 12.4. The van der Waals surface area contributed by atoms with Gasteiger partial charge in [-0.05, 0) is 13.0 Å². The highest BCUT2D eigenvalue weighted by Gasteiger charge is 2.24. The monoisotopic (exact) mass is 231 g/mol. The number of ketones is 1. The van der Waals surface area contributed by atoms with Crippen molar-refractivity contribution in [3.8, 4) is 5.75 Å². The van der Waals surface area contributed by atoms with Gasteiger partial charge in [-0.2, -0.15) is 0 Å². The van der Waals surface area contributed by atoms with E-state index in [1.54, 1.807) is 0 Å². The summed E-state index contributed by atoms with van der Waals surface area (Å²) >= 11 is 0. The quantitative estimate of drug-likeness (QED) is 0.492. The number of nitro benzene ring substituents is 1. The van der Waals surface area contributed by atoms with E-state index < -0.39 is 39.7 Å². The Morgan fingerprint density at radius 1 is 1.50 bits per heavy atom. The number of benzene rings is 1. The lowest BCUT2D eigenvalue weighted by molar-refractivity contribution is -0.385. The number of hydrogen-bond acceptors (Lipinski definition) is 4. The first-order valence-corrected chi connectivity index (χ1v) is 4.15. The summed E-state index contributed by atoms with van der Waals surface area (Å²) in [5, 5.41) is 19.6. The third-order valence-corrected chi connectivity index (χ3v) is 1.96. The maximum Gasteiger partial charge on any atom is 0.283 e. The van der Waals surface area contributed by atoms with Crippen molar-refractivity contribution in [1.82, 2.24) is 0 Å². The Morgan fingerprint density at radius 3 is 2.44 bits per heavy atom. The molecule has 0 radical (unpaired) electrons. The number of nitro groups is 1. The molecule has 0 bridgehead atoms. The lowest BCUT2D eigenvalue weighted by Crippen LogP contribution is -2.02. The van der Waals surface area contributed by atoms with Gasteiger partial charge in [0.05, 0.1) is 22.1 Å². The van der Waals surface area contributed by atoms with Crippen LogP contribution < -0.4 is 0 Å². The standard InChI is InChI=1S/C9H7F2NO4/c1-4(13)5-2-6(9(10)11)8(14)3-7(5)12(15)16/h2-3,9,14H,1H3. The van der Waals surface area contributed by atoms with Crippen molar-refractivity contribution in [1.29, 1.82) is 0 Å². The Bertz CT molecular complexity index is 459. The van der Waals surface area contributed by atoms with Crippen LogP contribution in [-0.4, -0.2) is 15.8 Å². The predicted octanol–water partition coefficient (Wildman–Crippen LogP) is 2.44. The fourth-order valence-electron chi connectivity index (χ4n) is 1.20. The van der Waals surface area contributed by atoms with Crippen LogP contribution in [0.25, 0.3) is 0 Å². The summed E-state index contributed by atoms with van der Waals surface area (Å²) in [4.78, 5) is 20.6. The number of alkyl halides is 2. The highest BCUT2D eigenvalue weighted by molar-refractivity contribution is 5.98. The number of nitrogens with zero attached hydrogens (tertiary/aromatic N) is 1. The molecule has 0 atom stereocenters. The molecule has 86 valence electrons. The molecule has 0 fully saturated rings. The molecule has 0 unspecified atom stereocenters. The Balaban J connectivity index is 3.49. The first-order valence-electron chi connectivity index (χ1n) is 4.15. The molecule has 0 saturated heterocycles. The van der Waals surface area contributed by atoms with Gasteiger partial charge in [-0.1, -0.05) is 0 Å². The van der Waals surface area contributed by atoms with Crippen LogP contribution in [0.1, 0.15) is 29.3 Å². The van der Waals surface area contributed by atoms with E-state index in [0.717, 1.165) is 6.92 Å². The number of phenolic OH excluding ortho intramolecular Hbond substituents is 1. The normalized spacial score (nSPS) is 10.5. The second-order valence-corrected chi connectivity index (χ2v) is 3.04. The van der Waals surface area contributed by atoms with E-state index in [1.165, 1.54) is 0 Å². The first kappa shape index (κ1) is 12.0. The number of carbonyl (C=O) groups is 1. The molecule has 0 heterocycles. The van der Waals surface area contributed by atoms with E-state index in [-0.39, 0.29) is 0 Å². The van der Waals surface area contributed by atoms with E-state index in [9.17, 15) is 23.7 Å². The molecule has 0 aromatic heterocycles. The molecule has 1 rings (SSSR count).